The highest BCUT2D eigenvalue weighted by Crippen LogP contribution is 2.30. The molecular formula is C20H17ClN2O3S. The minimum absolute atomic E-state index is 0.0932. The summed E-state index contributed by atoms with van der Waals surface area (Å²) in [6, 6.07) is 12.6. The molecule has 1 N–H and O–H groups in total. The maximum Gasteiger partial charge on any atom is 0.339 e. The van der Waals surface area contributed by atoms with Gasteiger partial charge in [-0.1, -0.05) is 41.9 Å². The van der Waals surface area contributed by atoms with Crippen LogP contribution in [-0.2, 0) is 16.0 Å². The summed E-state index contributed by atoms with van der Waals surface area (Å²) < 4.78 is 4.78. The molecule has 0 aliphatic heterocycles. The second-order valence-corrected chi connectivity index (χ2v) is 7.10. The molecule has 1 heterocycles. The van der Waals surface area contributed by atoms with Crippen molar-refractivity contribution < 1.29 is 14.3 Å². The molecular weight excluding hydrogens is 384 g/mol. The molecule has 0 spiro atoms. The van der Waals surface area contributed by atoms with Gasteiger partial charge in [0.05, 0.1) is 35.5 Å². The Balaban J connectivity index is 1.76. The van der Waals surface area contributed by atoms with Gasteiger partial charge >= 0.3 is 5.97 Å². The molecule has 0 aliphatic carbocycles. The lowest BCUT2D eigenvalue weighted by Crippen LogP contribution is -2.18. The van der Waals surface area contributed by atoms with Crippen molar-refractivity contribution in [3.05, 3.63) is 69.7 Å². The van der Waals surface area contributed by atoms with Gasteiger partial charge in [0.25, 0.3) is 0 Å². The fraction of sp³-hybridized carbons (Fsp3) is 0.150. The van der Waals surface area contributed by atoms with Gasteiger partial charge in [-0.05, 0) is 24.6 Å². The Hall–Kier alpha value is -2.70. The highest BCUT2D eigenvalue weighted by molar-refractivity contribution is 7.13. The molecule has 27 heavy (non-hydrogen) atoms. The first-order chi connectivity index (χ1) is 13.0. The molecule has 0 saturated carbocycles. The average molecular weight is 401 g/mol. The van der Waals surface area contributed by atoms with E-state index in [2.05, 4.69) is 10.3 Å². The number of nitrogens with one attached hydrogen (secondary N) is 1. The number of rotatable bonds is 5. The highest BCUT2D eigenvalue weighted by atomic mass is 35.5. The predicted octanol–water partition coefficient (Wildman–Crippen LogP) is 4.74. The van der Waals surface area contributed by atoms with Crippen LogP contribution < -0.4 is 5.32 Å². The number of anilines is 1. The van der Waals surface area contributed by atoms with Crippen LogP contribution in [0.1, 0.15) is 21.6 Å². The Kier molecular flexibility index (Phi) is 5.88. The summed E-state index contributed by atoms with van der Waals surface area (Å²) in [5, 5.41) is 6.01. The summed E-state index contributed by atoms with van der Waals surface area (Å²) in [6.07, 6.45) is 0.0932. The fourth-order valence-corrected chi connectivity index (χ4v) is 3.75. The Bertz CT molecular complexity index is 1000. The maximum atomic E-state index is 12.5. The van der Waals surface area contributed by atoms with E-state index in [0.29, 0.717) is 22.0 Å². The molecule has 1 amide bonds. The summed E-state index contributed by atoms with van der Waals surface area (Å²) in [4.78, 5) is 28.9. The zero-order chi connectivity index (χ0) is 19.4. The Morgan fingerprint density at radius 2 is 1.96 bits per heavy atom. The molecule has 2 aromatic carbocycles. The molecule has 3 aromatic rings. The third-order valence-electron chi connectivity index (χ3n) is 3.94. The first-order valence-corrected chi connectivity index (χ1v) is 9.42. The smallest absolute Gasteiger partial charge is 0.339 e. The van der Waals surface area contributed by atoms with E-state index in [0.717, 1.165) is 16.1 Å². The van der Waals surface area contributed by atoms with Crippen molar-refractivity contribution in [3.8, 4) is 10.6 Å². The molecule has 0 atom stereocenters. The number of methoxy groups -OCH3 is 1. The van der Waals surface area contributed by atoms with Gasteiger partial charge in [-0.2, -0.15) is 0 Å². The summed E-state index contributed by atoms with van der Waals surface area (Å²) in [7, 11) is 1.31. The van der Waals surface area contributed by atoms with Crippen LogP contribution in [0.2, 0.25) is 5.02 Å². The summed E-state index contributed by atoms with van der Waals surface area (Å²) in [5.41, 5.74) is 3.03. The number of nitrogens with zero attached hydrogens (tertiary/aromatic N) is 1. The Morgan fingerprint density at radius 3 is 2.70 bits per heavy atom. The van der Waals surface area contributed by atoms with E-state index in [1.807, 2.05) is 36.6 Å². The van der Waals surface area contributed by atoms with Gasteiger partial charge in [0.15, 0.2) is 0 Å². The third kappa shape index (κ3) is 4.35. The lowest BCUT2D eigenvalue weighted by Gasteiger charge is -2.12. The number of thiazole rings is 1. The number of ether oxygens (including phenoxy) is 1. The number of carbonyl (C=O) groups is 2. The van der Waals surface area contributed by atoms with E-state index in [-0.39, 0.29) is 12.3 Å². The molecule has 0 unspecified atom stereocenters. The minimum Gasteiger partial charge on any atom is -0.465 e. The van der Waals surface area contributed by atoms with Gasteiger partial charge < -0.3 is 10.1 Å². The number of aromatic nitrogens is 1. The summed E-state index contributed by atoms with van der Waals surface area (Å²) >= 11 is 7.63. The SMILES string of the molecule is COC(=O)c1cccc(C)c1NC(=O)Cc1csc(-c2ccccc2Cl)n1. The minimum atomic E-state index is -0.497. The summed E-state index contributed by atoms with van der Waals surface area (Å²) in [5.74, 6) is -0.755. The largest absolute Gasteiger partial charge is 0.465 e. The van der Waals surface area contributed by atoms with Crippen LogP contribution in [0.5, 0.6) is 0 Å². The van der Waals surface area contributed by atoms with Crippen molar-refractivity contribution in [2.24, 2.45) is 0 Å². The molecule has 138 valence electrons. The topological polar surface area (TPSA) is 68.3 Å². The normalized spacial score (nSPS) is 10.5. The van der Waals surface area contributed by atoms with Crippen LogP contribution in [-0.4, -0.2) is 24.0 Å². The maximum absolute atomic E-state index is 12.5. The predicted molar refractivity (Wildman–Crippen MR) is 107 cm³/mol. The van der Waals surface area contributed by atoms with Crippen molar-refractivity contribution in [1.29, 1.82) is 0 Å². The number of aryl methyl sites for hydroxylation is 1. The number of carbonyl (C=O) groups excluding carboxylic acids is 2. The summed E-state index contributed by atoms with van der Waals surface area (Å²) in [6.45, 7) is 1.82. The number of amides is 1. The zero-order valence-electron chi connectivity index (χ0n) is 14.8. The Morgan fingerprint density at radius 1 is 1.19 bits per heavy atom. The number of esters is 1. The number of para-hydroxylation sites is 1. The number of hydrogen-bond acceptors (Lipinski definition) is 5. The van der Waals surface area contributed by atoms with Crippen LogP contribution in [0.3, 0.4) is 0 Å². The van der Waals surface area contributed by atoms with Gasteiger partial charge in [0, 0.05) is 10.9 Å². The highest BCUT2D eigenvalue weighted by Gasteiger charge is 2.17. The first-order valence-electron chi connectivity index (χ1n) is 8.16. The molecule has 0 aliphatic rings. The molecule has 1 aromatic heterocycles. The van der Waals surface area contributed by atoms with Gasteiger partial charge in [0.1, 0.15) is 5.01 Å². The molecule has 5 nitrogen and oxygen atoms in total. The van der Waals surface area contributed by atoms with Gasteiger partial charge in [-0.25, -0.2) is 9.78 Å². The second kappa shape index (κ2) is 8.33. The lowest BCUT2D eigenvalue weighted by atomic mass is 10.1. The molecule has 0 fully saturated rings. The number of benzene rings is 2. The monoisotopic (exact) mass is 400 g/mol. The van der Waals surface area contributed by atoms with Crippen LogP contribution in [0.4, 0.5) is 5.69 Å². The van der Waals surface area contributed by atoms with Crippen LogP contribution in [0, 0.1) is 6.92 Å². The molecule has 0 bridgehead atoms. The van der Waals surface area contributed by atoms with E-state index in [4.69, 9.17) is 16.3 Å². The van der Waals surface area contributed by atoms with Gasteiger partial charge in [0.2, 0.25) is 5.91 Å². The standard InChI is InChI=1S/C20H17ClN2O3S/c1-12-6-5-8-15(20(25)26-2)18(12)23-17(24)10-13-11-27-19(22-13)14-7-3-4-9-16(14)21/h3-9,11H,10H2,1-2H3,(H,23,24). The van der Waals surface area contributed by atoms with Crippen LogP contribution >= 0.6 is 22.9 Å². The second-order valence-electron chi connectivity index (χ2n) is 5.84. The lowest BCUT2D eigenvalue weighted by molar-refractivity contribution is -0.115. The first kappa shape index (κ1) is 19.1. The van der Waals surface area contributed by atoms with E-state index in [1.165, 1.54) is 18.4 Å². The van der Waals surface area contributed by atoms with Crippen molar-refractivity contribution in [2.75, 3.05) is 12.4 Å². The van der Waals surface area contributed by atoms with E-state index >= 15 is 0 Å². The zero-order valence-corrected chi connectivity index (χ0v) is 16.4. The van der Waals surface area contributed by atoms with Crippen molar-refractivity contribution in [1.82, 2.24) is 4.98 Å². The van der Waals surface area contributed by atoms with Crippen molar-refractivity contribution in [2.45, 2.75) is 13.3 Å². The van der Waals surface area contributed by atoms with E-state index in [1.54, 1.807) is 18.2 Å². The number of halogens is 1. The van der Waals surface area contributed by atoms with Gasteiger partial charge in [-0.15, -0.1) is 11.3 Å². The van der Waals surface area contributed by atoms with Crippen molar-refractivity contribution in [3.63, 3.8) is 0 Å². The van der Waals surface area contributed by atoms with Crippen molar-refractivity contribution >= 4 is 40.5 Å². The Labute approximate surface area is 166 Å². The third-order valence-corrected chi connectivity index (χ3v) is 5.19. The molecule has 7 heteroatoms. The average Bonchev–Trinajstić information content (AvgIpc) is 3.11. The molecule has 0 saturated heterocycles. The molecule has 3 rings (SSSR count). The van der Waals surface area contributed by atoms with Crippen LogP contribution in [0.15, 0.2) is 47.8 Å². The van der Waals surface area contributed by atoms with Crippen LogP contribution in [0.25, 0.3) is 10.6 Å². The quantitative estimate of drug-likeness (QED) is 0.628. The molecule has 0 radical (unpaired) electrons. The van der Waals surface area contributed by atoms with Gasteiger partial charge in [-0.3, -0.25) is 4.79 Å². The number of hydrogen-bond donors (Lipinski definition) is 1. The van der Waals surface area contributed by atoms with E-state index < -0.39 is 5.97 Å². The van der Waals surface area contributed by atoms with E-state index in [9.17, 15) is 9.59 Å². The fourth-order valence-electron chi connectivity index (χ4n) is 2.61.